The molecule has 0 radical (unpaired) electrons. The molecule has 6 nitrogen and oxygen atoms in total. The van der Waals surface area contributed by atoms with Gasteiger partial charge in [-0.2, -0.15) is 0 Å². The number of aromatic nitrogens is 1. The van der Waals surface area contributed by atoms with Gasteiger partial charge in [-0.3, -0.25) is 4.79 Å². The third kappa shape index (κ3) is 4.47. The van der Waals surface area contributed by atoms with E-state index in [9.17, 15) is 9.59 Å². The normalized spacial score (nSPS) is 16.4. The van der Waals surface area contributed by atoms with Crippen LogP contribution in [0.4, 0.5) is 10.5 Å². The Bertz CT molecular complexity index is 838. The smallest absolute Gasteiger partial charge is 0.322 e. The second-order valence-electron chi connectivity index (χ2n) is 7.13. The molecule has 144 valence electrons. The molecule has 1 saturated heterocycles. The van der Waals surface area contributed by atoms with Crippen molar-refractivity contribution in [1.82, 2.24) is 15.2 Å². The molecule has 1 atom stereocenters. The monoisotopic (exact) mass is 386 g/mol. The Labute approximate surface area is 164 Å². The first-order chi connectivity index (χ1) is 12.8. The molecular formula is C20H26N4O2S. The second kappa shape index (κ2) is 8.08. The lowest BCUT2D eigenvalue weighted by Crippen LogP contribution is -2.47. The lowest BCUT2D eigenvalue weighted by molar-refractivity contribution is -0.124. The molecule has 1 aliphatic heterocycles. The minimum Gasteiger partial charge on any atom is -0.349 e. The van der Waals surface area contributed by atoms with Crippen molar-refractivity contribution in [2.24, 2.45) is 0 Å². The first-order valence-corrected chi connectivity index (χ1v) is 10.1. The van der Waals surface area contributed by atoms with Crippen LogP contribution >= 0.6 is 11.3 Å². The molecule has 2 heterocycles. The summed E-state index contributed by atoms with van der Waals surface area (Å²) in [5.74, 6) is -0.120. The molecule has 2 aromatic rings. The van der Waals surface area contributed by atoms with Gasteiger partial charge in [0.1, 0.15) is 6.04 Å². The fourth-order valence-electron chi connectivity index (χ4n) is 3.62. The maximum atomic E-state index is 12.8. The number of rotatable bonds is 4. The number of carbonyl (C=O) groups excluding carboxylic acids is 2. The van der Waals surface area contributed by atoms with Crippen molar-refractivity contribution >= 4 is 29.0 Å². The maximum absolute atomic E-state index is 12.8. The van der Waals surface area contributed by atoms with Crippen LogP contribution in [0.25, 0.3) is 0 Å². The predicted octanol–water partition coefficient (Wildman–Crippen LogP) is 3.69. The van der Waals surface area contributed by atoms with Gasteiger partial charge in [-0.15, -0.1) is 11.3 Å². The van der Waals surface area contributed by atoms with Gasteiger partial charge in [0.25, 0.3) is 0 Å². The number of amides is 3. The first-order valence-electron chi connectivity index (χ1n) is 9.19. The van der Waals surface area contributed by atoms with Gasteiger partial charge in [0, 0.05) is 17.6 Å². The zero-order valence-electron chi connectivity index (χ0n) is 16.3. The number of thiazole rings is 1. The van der Waals surface area contributed by atoms with E-state index in [4.69, 9.17) is 0 Å². The van der Waals surface area contributed by atoms with Crippen molar-refractivity contribution in [3.63, 3.8) is 0 Å². The molecule has 2 N–H and O–H groups in total. The van der Waals surface area contributed by atoms with Gasteiger partial charge in [-0.25, -0.2) is 9.78 Å². The highest BCUT2D eigenvalue weighted by molar-refractivity contribution is 7.09. The Morgan fingerprint density at radius 1 is 1.22 bits per heavy atom. The molecule has 7 heteroatoms. The number of hydrogen-bond donors (Lipinski definition) is 2. The molecular weight excluding hydrogens is 360 g/mol. The maximum Gasteiger partial charge on any atom is 0.322 e. The molecule has 0 bridgehead atoms. The highest BCUT2D eigenvalue weighted by atomic mass is 32.1. The summed E-state index contributed by atoms with van der Waals surface area (Å²) >= 11 is 1.56. The van der Waals surface area contributed by atoms with E-state index in [0.717, 1.165) is 33.9 Å². The van der Waals surface area contributed by atoms with Crippen LogP contribution in [0, 0.1) is 27.7 Å². The fraction of sp³-hybridized carbons (Fsp3) is 0.450. The van der Waals surface area contributed by atoms with E-state index in [0.29, 0.717) is 19.5 Å². The minimum atomic E-state index is -0.434. The number of carbonyl (C=O) groups is 2. The number of anilines is 1. The van der Waals surface area contributed by atoms with Crippen LogP contribution in [-0.2, 0) is 11.3 Å². The van der Waals surface area contributed by atoms with Crippen LogP contribution < -0.4 is 10.6 Å². The topological polar surface area (TPSA) is 74.3 Å². The number of hydrogen-bond acceptors (Lipinski definition) is 4. The summed E-state index contributed by atoms with van der Waals surface area (Å²) in [6.07, 6.45) is 1.51. The summed E-state index contributed by atoms with van der Waals surface area (Å²) < 4.78 is 0. The zero-order valence-corrected chi connectivity index (χ0v) is 17.1. The highest BCUT2D eigenvalue weighted by Gasteiger charge is 2.34. The van der Waals surface area contributed by atoms with Crippen molar-refractivity contribution in [2.45, 2.75) is 53.1 Å². The molecule has 1 unspecified atom stereocenters. The Balaban J connectivity index is 1.64. The Morgan fingerprint density at radius 2 is 1.93 bits per heavy atom. The van der Waals surface area contributed by atoms with E-state index >= 15 is 0 Å². The summed E-state index contributed by atoms with van der Waals surface area (Å²) in [4.78, 5) is 31.4. The van der Waals surface area contributed by atoms with E-state index < -0.39 is 6.04 Å². The average molecular weight is 387 g/mol. The quantitative estimate of drug-likeness (QED) is 0.842. The lowest BCUT2D eigenvalue weighted by atomic mass is 10.1. The van der Waals surface area contributed by atoms with Gasteiger partial charge in [0.05, 0.1) is 17.2 Å². The number of likely N-dealkylation sites (tertiary alicyclic amines) is 1. The molecule has 1 aromatic heterocycles. The van der Waals surface area contributed by atoms with Gasteiger partial charge in [0.15, 0.2) is 0 Å². The van der Waals surface area contributed by atoms with E-state index in [1.165, 1.54) is 5.56 Å². The van der Waals surface area contributed by atoms with Gasteiger partial charge in [-0.05, 0) is 51.7 Å². The average Bonchev–Trinajstić information content (AvgIpc) is 3.24. The minimum absolute atomic E-state index is 0.120. The van der Waals surface area contributed by atoms with Crippen LogP contribution in [0.2, 0.25) is 0 Å². The van der Waals surface area contributed by atoms with Crippen LogP contribution in [0.1, 0.15) is 40.2 Å². The van der Waals surface area contributed by atoms with Crippen LogP contribution in [0.3, 0.4) is 0 Å². The Kier molecular flexibility index (Phi) is 5.79. The Morgan fingerprint density at radius 3 is 2.56 bits per heavy atom. The molecule has 1 aliphatic rings. The first kappa shape index (κ1) is 19.4. The lowest BCUT2D eigenvalue weighted by Gasteiger charge is -2.25. The number of nitrogens with zero attached hydrogens (tertiary/aromatic N) is 2. The summed E-state index contributed by atoms with van der Waals surface area (Å²) in [6, 6.07) is 3.45. The van der Waals surface area contributed by atoms with E-state index in [-0.39, 0.29) is 11.9 Å². The van der Waals surface area contributed by atoms with Gasteiger partial charge in [0.2, 0.25) is 5.91 Å². The summed E-state index contributed by atoms with van der Waals surface area (Å²) in [5, 5.41) is 8.84. The van der Waals surface area contributed by atoms with Crippen LogP contribution in [-0.4, -0.2) is 34.4 Å². The van der Waals surface area contributed by atoms with Crippen molar-refractivity contribution in [1.29, 1.82) is 0 Å². The number of aryl methyl sites for hydroxylation is 4. The second-order valence-corrected chi connectivity index (χ2v) is 8.19. The largest absolute Gasteiger partial charge is 0.349 e. The standard InChI is InChI=1S/C20H26N4O2S/c1-12-8-13(2)18(14(3)9-12)23-20(26)24-7-5-6-17(24)19(25)21-10-16-11-27-15(4)22-16/h8-9,11,17H,5-7,10H2,1-4H3,(H,21,25)(H,23,26). The molecule has 0 spiro atoms. The van der Waals surface area contributed by atoms with Crippen molar-refractivity contribution in [3.8, 4) is 0 Å². The van der Waals surface area contributed by atoms with E-state index in [1.54, 1.807) is 16.2 Å². The fourth-order valence-corrected chi connectivity index (χ4v) is 4.24. The molecule has 27 heavy (non-hydrogen) atoms. The van der Waals surface area contributed by atoms with Gasteiger partial charge < -0.3 is 15.5 Å². The SMILES string of the molecule is Cc1cc(C)c(NC(=O)N2CCCC2C(=O)NCc2csc(C)n2)c(C)c1. The predicted molar refractivity (Wildman–Crippen MR) is 108 cm³/mol. The highest BCUT2D eigenvalue weighted by Crippen LogP contribution is 2.24. The van der Waals surface area contributed by atoms with Crippen LogP contribution in [0.5, 0.6) is 0 Å². The van der Waals surface area contributed by atoms with E-state index in [2.05, 4.69) is 15.6 Å². The third-order valence-corrected chi connectivity index (χ3v) is 5.66. The third-order valence-electron chi connectivity index (χ3n) is 4.84. The molecule has 0 saturated carbocycles. The zero-order chi connectivity index (χ0) is 19.6. The van der Waals surface area contributed by atoms with Gasteiger partial charge in [-0.1, -0.05) is 17.7 Å². The number of benzene rings is 1. The number of nitrogens with one attached hydrogen (secondary N) is 2. The molecule has 1 aromatic carbocycles. The summed E-state index contributed by atoms with van der Waals surface area (Å²) in [6.45, 7) is 8.93. The number of urea groups is 1. The molecule has 3 rings (SSSR count). The van der Waals surface area contributed by atoms with Crippen molar-refractivity contribution in [3.05, 3.63) is 44.9 Å². The molecule has 3 amide bonds. The van der Waals surface area contributed by atoms with Crippen LogP contribution in [0.15, 0.2) is 17.5 Å². The van der Waals surface area contributed by atoms with Crippen molar-refractivity contribution < 1.29 is 9.59 Å². The summed E-state index contributed by atoms with van der Waals surface area (Å²) in [7, 11) is 0. The van der Waals surface area contributed by atoms with Gasteiger partial charge >= 0.3 is 6.03 Å². The Hall–Kier alpha value is -2.41. The van der Waals surface area contributed by atoms with E-state index in [1.807, 2.05) is 45.2 Å². The van der Waals surface area contributed by atoms with Crippen molar-refractivity contribution in [2.75, 3.05) is 11.9 Å². The summed E-state index contributed by atoms with van der Waals surface area (Å²) in [5.41, 5.74) is 4.90. The molecule has 1 fully saturated rings. The molecule has 0 aliphatic carbocycles.